The summed E-state index contributed by atoms with van der Waals surface area (Å²) >= 11 is 0. The zero-order valence-corrected chi connectivity index (χ0v) is 18.0. The minimum atomic E-state index is -0.405. The minimum Gasteiger partial charge on any atom is -0.338 e. The largest absolute Gasteiger partial charge is 0.338 e. The van der Waals surface area contributed by atoms with E-state index in [4.69, 9.17) is 4.52 Å². The summed E-state index contributed by atoms with van der Waals surface area (Å²) < 4.78 is 5.44. The third-order valence-electron chi connectivity index (χ3n) is 5.51. The summed E-state index contributed by atoms with van der Waals surface area (Å²) in [4.78, 5) is 31.7. The molecular weight excluding hydrogens is 392 g/mol. The van der Waals surface area contributed by atoms with Gasteiger partial charge in [0.1, 0.15) is 0 Å². The van der Waals surface area contributed by atoms with Crippen molar-refractivity contribution >= 4 is 17.5 Å². The average molecular weight is 418 g/mol. The molecule has 2 heterocycles. The number of carbonyl (C=O) groups is 2. The zero-order chi connectivity index (χ0) is 22.0. The number of rotatable bonds is 6. The molecule has 7 heteroatoms. The summed E-state index contributed by atoms with van der Waals surface area (Å²) in [6.07, 6.45) is 0.206. The Balaban J connectivity index is 1.50. The SMILES string of the molecule is Cc1cccc(-c2nc(C(C)C)no2)c1NC(=O)C1CC(=O)N(Cc2ccccc2)C1. The van der Waals surface area contributed by atoms with Crippen molar-refractivity contribution in [3.63, 3.8) is 0 Å². The highest BCUT2D eigenvalue weighted by Gasteiger charge is 2.34. The molecule has 0 radical (unpaired) electrons. The Morgan fingerprint density at radius 3 is 2.68 bits per heavy atom. The number of amides is 2. The summed E-state index contributed by atoms with van der Waals surface area (Å²) in [7, 11) is 0. The maximum atomic E-state index is 13.1. The molecule has 7 nitrogen and oxygen atoms in total. The number of carbonyl (C=O) groups excluding carboxylic acids is 2. The standard InChI is InChI=1S/C24H26N4O3/c1-15(2)22-26-24(31-27-22)19-11-7-8-16(3)21(19)25-23(30)18-12-20(29)28(14-18)13-17-9-5-4-6-10-17/h4-11,15,18H,12-14H2,1-3H3,(H,25,30). The lowest BCUT2D eigenvalue weighted by atomic mass is 10.0. The Morgan fingerprint density at radius 2 is 1.97 bits per heavy atom. The van der Waals surface area contributed by atoms with E-state index >= 15 is 0 Å². The molecule has 1 atom stereocenters. The Labute approximate surface area is 181 Å². The molecule has 31 heavy (non-hydrogen) atoms. The van der Waals surface area contributed by atoms with E-state index in [2.05, 4.69) is 15.5 Å². The van der Waals surface area contributed by atoms with Gasteiger partial charge in [0.15, 0.2) is 5.82 Å². The van der Waals surface area contributed by atoms with E-state index in [1.54, 1.807) is 4.90 Å². The van der Waals surface area contributed by atoms with Gasteiger partial charge < -0.3 is 14.7 Å². The molecule has 0 aliphatic carbocycles. The molecule has 1 aliphatic heterocycles. The Bertz CT molecular complexity index is 1090. The van der Waals surface area contributed by atoms with Crippen LogP contribution in [0.5, 0.6) is 0 Å². The number of anilines is 1. The van der Waals surface area contributed by atoms with Crippen LogP contribution in [0.15, 0.2) is 53.1 Å². The predicted molar refractivity (Wildman–Crippen MR) is 117 cm³/mol. The topological polar surface area (TPSA) is 88.3 Å². The summed E-state index contributed by atoms with van der Waals surface area (Å²) in [6.45, 7) is 6.82. The molecular formula is C24H26N4O3. The van der Waals surface area contributed by atoms with Crippen molar-refractivity contribution < 1.29 is 14.1 Å². The average Bonchev–Trinajstić information content (AvgIpc) is 3.38. The second kappa shape index (κ2) is 8.71. The van der Waals surface area contributed by atoms with E-state index in [1.165, 1.54) is 0 Å². The van der Waals surface area contributed by atoms with Gasteiger partial charge in [-0.3, -0.25) is 9.59 Å². The van der Waals surface area contributed by atoms with E-state index in [-0.39, 0.29) is 24.2 Å². The van der Waals surface area contributed by atoms with Crippen molar-refractivity contribution in [1.82, 2.24) is 15.0 Å². The molecule has 0 saturated carbocycles. The van der Waals surface area contributed by atoms with Gasteiger partial charge in [0.25, 0.3) is 5.89 Å². The fourth-order valence-electron chi connectivity index (χ4n) is 3.72. The zero-order valence-electron chi connectivity index (χ0n) is 18.0. The van der Waals surface area contributed by atoms with Crippen LogP contribution in [0.3, 0.4) is 0 Å². The lowest BCUT2D eigenvalue weighted by molar-refractivity contribution is -0.128. The number of hydrogen-bond donors (Lipinski definition) is 1. The fraction of sp³-hybridized carbons (Fsp3) is 0.333. The van der Waals surface area contributed by atoms with Gasteiger partial charge in [-0.05, 0) is 24.1 Å². The highest BCUT2D eigenvalue weighted by atomic mass is 16.5. The van der Waals surface area contributed by atoms with Gasteiger partial charge in [-0.1, -0.05) is 61.5 Å². The summed E-state index contributed by atoms with van der Waals surface area (Å²) in [6, 6.07) is 15.5. The van der Waals surface area contributed by atoms with Crippen molar-refractivity contribution in [3.8, 4) is 11.5 Å². The fourth-order valence-corrected chi connectivity index (χ4v) is 3.72. The molecule has 0 spiro atoms. The summed E-state index contributed by atoms with van der Waals surface area (Å²) in [5, 5.41) is 7.05. The predicted octanol–water partition coefficient (Wildman–Crippen LogP) is 4.16. The molecule has 3 aromatic rings. The van der Waals surface area contributed by atoms with Crippen molar-refractivity contribution in [3.05, 3.63) is 65.5 Å². The van der Waals surface area contributed by atoms with E-state index in [0.717, 1.165) is 11.1 Å². The van der Waals surface area contributed by atoms with Crippen LogP contribution in [-0.2, 0) is 16.1 Å². The number of aromatic nitrogens is 2. The molecule has 2 aromatic carbocycles. The quantitative estimate of drug-likeness (QED) is 0.649. The number of para-hydroxylation sites is 1. The first-order valence-corrected chi connectivity index (χ1v) is 10.5. The van der Waals surface area contributed by atoms with Crippen molar-refractivity contribution in [1.29, 1.82) is 0 Å². The van der Waals surface area contributed by atoms with Crippen LogP contribution in [0, 0.1) is 12.8 Å². The first kappa shape index (κ1) is 20.8. The lowest BCUT2D eigenvalue weighted by Crippen LogP contribution is -2.28. The van der Waals surface area contributed by atoms with Crippen LogP contribution in [0.25, 0.3) is 11.5 Å². The molecule has 1 unspecified atom stereocenters. The molecule has 1 saturated heterocycles. The number of likely N-dealkylation sites (tertiary alicyclic amines) is 1. The van der Waals surface area contributed by atoms with Crippen LogP contribution >= 0.6 is 0 Å². The van der Waals surface area contributed by atoms with Gasteiger partial charge in [0.2, 0.25) is 11.8 Å². The van der Waals surface area contributed by atoms with Crippen LogP contribution in [-0.4, -0.2) is 33.4 Å². The second-order valence-electron chi connectivity index (χ2n) is 8.26. The molecule has 1 N–H and O–H groups in total. The first-order chi connectivity index (χ1) is 14.9. The summed E-state index contributed by atoms with van der Waals surface area (Å²) in [5.74, 6) is 0.538. The number of nitrogens with one attached hydrogen (secondary N) is 1. The molecule has 1 fully saturated rings. The highest BCUT2D eigenvalue weighted by molar-refractivity contribution is 6.00. The monoisotopic (exact) mass is 418 g/mol. The van der Waals surface area contributed by atoms with Crippen LogP contribution in [0.4, 0.5) is 5.69 Å². The third kappa shape index (κ3) is 4.50. The number of hydrogen-bond acceptors (Lipinski definition) is 5. The molecule has 1 aromatic heterocycles. The van der Waals surface area contributed by atoms with Crippen LogP contribution < -0.4 is 5.32 Å². The first-order valence-electron chi connectivity index (χ1n) is 10.5. The Kier molecular flexibility index (Phi) is 5.84. The van der Waals surface area contributed by atoms with Gasteiger partial charge in [-0.25, -0.2) is 0 Å². The van der Waals surface area contributed by atoms with E-state index in [1.807, 2.05) is 69.3 Å². The minimum absolute atomic E-state index is 0.00696. The van der Waals surface area contributed by atoms with Crippen molar-refractivity contribution in [2.24, 2.45) is 5.92 Å². The third-order valence-corrected chi connectivity index (χ3v) is 5.51. The maximum absolute atomic E-state index is 13.1. The normalized spacial score (nSPS) is 16.2. The highest BCUT2D eigenvalue weighted by Crippen LogP contribution is 2.32. The molecule has 160 valence electrons. The Hall–Kier alpha value is -3.48. The Morgan fingerprint density at radius 1 is 1.19 bits per heavy atom. The number of benzene rings is 2. The van der Waals surface area contributed by atoms with Crippen molar-refractivity contribution in [2.45, 2.75) is 39.7 Å². The lowest BCUT2D eigenvalue weighted by Gasteiger charge is -2.17. The number of aryl methyl sites for hydroxylation is 1. The smallest absolute Gasteiger partial charge is 0.260 e. The number of nitrogens with zero attached hydrogens (tertiary/aromatic N) is 3. The molecule has 2 amide bonds. The second-order valence-corrected chi connectivity index (χ2v) is 8.26. The molecule has 4 rings (SSSR count). The maximum Gasteiger partial charge on any atom is 0.260 e. The van der Waals surface area contributed by atoms with Gasteiger partial charge in [0, 0.05) is 25.4 Å². The van der Waals surface area contributed by atoms with Gasteiger partial charge in [0.05, 0.1) is 17.2 Å². The summed E-state index contributed by atoms with van der Waals surface area (Å²) in [5.41, 5.74) is 3.26. The molecule has 1 aliphatic rings. The van der Waals surface area contributed by atoms with Crippen molar-refractivity contribution in [2.75, 3.05) is 11.9 Å². The van der Waals surface area contributed by atoms with Crippen LogP contribution in [0.2, 0.25) is 0 Å². The van der Waals surface area contributed by atoms with Gasteiger partial charge in [-0.15, -0.1) is 0 Å². The van der Waals surface area contributed by atoms with Crippen LogP contribution in [0.1, 0.15) is 43.1 Å². The van der Waals surface area contributed by atoms with Gasteiger partial charge in [-0.2, -0.15) is 4.98 Å². The molecule has 0 bridgehead atoms. The van der Waals surface area contributed by atoms with E-state index < -0.39 is 5.92 Å². The van der Waals surface area contributed by atoms with E-state index in [0.29, 0.717) is 36.1 Å². The van der Waals surface area contributed by atoms with E-state index in [9.17, 15) is 9.59 Å². The van der Waals surface area contributed by atoms with Gasteiger partial charge >= 0.3 is 0 Å².